The van der Waals surface area contributed by atoms with E-state index in [2.05, 4.69) is 4.98 Å². The predicted octanol–water partition coefficient (Wildman–Crippen LogP) is 3.97. The highest BCUT2D eigenvalue weighted by molar-refractivity contribution is 5.72. The Balaban J connectivity index is 2.15. The average Bonchev–Trinajstić information content (AvgIpc) is 2.36. The molecule has 3 rings (SSSR count). The minimum absolute atomic E-state index is 0.136. The van der Waals surface area contributed by atoms with Crippen molar-refractivity contribution < 1.29 is 17.9 Å². The highest BCUT2D eigenvalue weighted by Crippen LogP contribution is 2.39. The smallest absolute Gasteiger partial charge is 0.416 e. The number of ether oxygens (including phenoxy) is 1. The lowest BCUT2D eigenvalue weighted by Gasteiger charge is -2.21. The van der Waals surface area contributed by atoms with Crippen LogP contribution in [0.5, 0.6) is 5.75 Å². The topological polar surface area (TPSA) is 22.1 Å². The van der Waals surface area contributed by atoms with Crippen LogP contribution in [0.15, 0.2) is 30.3 Å². The van der Waals surface area contributed by atoms with Gasteiger partial charge in [-0.3, -0.25) is 0 Å². The first-order valence-corrected chi connectivity index (χ1v) is 5.76. The summed E-state index contributed by atoms with van der Waals surface area (Å²) in [5.41, 5.74) is 1.97. The number of rotatable bonds is 0. The van der Waals surface area contributed by atoms with E-state index >= 15 is 0 Å². The van der Waals surface area contributed by atoms with E-state index in [1.54, 1.807) is 6.07 Å². The van der Waals surface area contributed by atoms with E-state index in [1.165, 1.54) is 6.07 Å². The Kier molecular flexibility index (Phi) is 2.52. The largest absolute Gasteiger partial charge is 0.487 e. The lowest BCUT2D eigenvalue weighted by molar-refractivity contribution is -0.137. The fourth-order valence-electron chi connectivity index (χ4n) is 2.13. The van der Waals surface area contributed by atoms with E-state index in [1.807, 2.05) is 13.0 Å². The summed E-state index contributed by atoms with van der Waals surface area (Å²) in [5.74, 6) is 0.609. The predicted molar refractivity (Wildman–Crippen MR) is 63.7 cm³/mol. The van der Waals surface area contributed by atoms with Crippen molar-refractivity contribution in [2.45, 2.75) is 19.7 Å². The van der Waals surface area contributed by atoms with Gasteiger partial charge in [0.05, 0.1) is 5.56 Å². The van der Waals surface area contributed by atoms with Gasteiger partial charge >= 0.3 is 6.18 Å². The fourth-order valence-corrected chi connectivity index (χ4v) is 2.13. The van der Waals surface area contributed by atoms with Gasteiger partial charge in [-0.15, -0.1) is 0 Å². The van der Waals surface area contributed by atoms with Crippen molar-refractivity contribution >= 4 is 0 Å². The Morgan fingerprint density at radius 1 is 1.16 bits per heavy atom. The van der Waals surface area contributed by atoms with E-state index in [4.69, 9.17) is 4.74 Å². The van der Waals surface area contributed by atoms with Crippen LogP contribution in [0, 0.1) is 6.92 Å². The van der Waals surface area contributed by atoms with Gasteiger partial charge in [-0.05, 0) is 36.8 Å². The first-order valence-electron chi connectivity index (χ1n) is 5.76. The number of benzene rings is 1. The first kappa shape index (κ1) is 12.0. The van der Waals surface area contributed by atoms with Crippen LogP contribution in [0.1, 0.15) is 16.8 Å². The van der Waals surface area contributed by atoms with E-state index < -0.39 is 11.7 Å². The Bertz CT molecular complexity index is 650. The minimum Gasteiger partial charge on any atom is -0.487 e. The maximum atomic E-state index is 12.7. The summed E-state index contributed by atoms with van der Waals surface area (Å²) in [5, 5.41) is 0. The number of hydrogen-bond donors (Lipinski definition) is 0. The Morgan fingerprint density at radius 2 is 1.95 bits per heavy atom. The molecule has 98 valence electrons. The normalized spacial score (nSPS) is 13.5. The summed E-state index contributed by atoms with van der Waals surface area (Å²) in [6.07, 6.45) is -4.34. The quantitative estimate of drug-likeness (QED) is 0.719. The van der Waals surface area contributed by atoms with Crippen LogP contribution < -0.4 is 4.74 Å². The van der Waals surface area contributed by atoms with Crippen LogP contribution in [-0.4, -0.2) is 4.98 Å². The zero-order valence-corrected chi connectivity index (χ0v) is 10.1. The molecule has 1 aliphatic heterocycles. The van der Waals surface area contributed by atoms with Crippen LogP contribution in [0.2, 0.25) is 0 Å². The van der Waals surface area contributed by atoms with Crippen LogP contribution >= 0.6 is 0 Å². The molecule has 0 saturated carbocycles. The summed E-state index contributed by atoms with van der Waals surface area (Å²) in [4.78, 5) is 4.34. The molecule has 0 amide bonds. The third-order valence-electron chi connectivity index (χ3n) is 3.07. The van der Waals surface area contributed by atoms with Crippen molar-refractivity contribution in [2.24, 2.45) is 0 Å². The number of aromatic nitrogens is 1. The molecule has 0 unspecified atom stereocenters. The zero-order valence-electron chi connectivity index (χ0n) is 10.1. The molecule has 0 atom stereocenters. The number of alkyl halides is 3. The molecule has 0 aliphatic carbocycles. The van der Waals surface area contributed by atoms with Gasteiger partial charge in [0.2, 0.25) is 0 Å². The van der Waals surface area contributed by atoms with E-state index in [-0.39, 0.29) is 6.61 Å². The van der Waals surface area contributed by atoms with Gasteiger partial charge in [-0.2, -0.15) is 13.2 Å². The molecular weight excluding hydrogens is 255 g/mol. The van der Waals surface area contributed by atoms with E-state index in [0.29, 0.717) is 22.6 Å². The average molecular weight is 265 g/mol. The highest BCUT2D eigenvalue weighted by Gasteiger charge is 2.32. The van der Waals surface area contributed by atoms with Gasteiger partial charge in [0.15, 0.2) is 0 Å². The second-order valence-corrected chi connectivity index (χ2v) is 4.46. The van der Waals surface area contributed by atoms with Gasteiger partial charge in [-0.1, -0.05) is 6.07 Å². The third kappa shape index (κ3) is 2.05. The molecule has 0 N–H and O–H groups in total. The third-order valence-corrected chi connectivity index (χ3v) is 3.07. The molecule has 0 bridgehead atoms. The fraction of sp³-hybridized carbons (Fsp3) is 0.214. The second-order valence-electron chi connectivity index (χ2n) is 4.46. The van der Waals surface area contributed by atoms with Crippen molar-refractivity contribution in [3.8, 4) is 17.0 Å². The number of halogens is 3. The Labute approximate surface area is 107 Å². The molecule has 19 heavy (non-hydrogen) atoms. The van der Waals surface area contributed by atoms with Gasteiger partial charge < -0.3 is 4.74 Å². The van der Waals surface area contributed by atoms with Gasteiger partial charge in [-0.25, -0.2) is 4.98 Å². The van der Waals surface area contributed by atoms with Crippen LogP contribution in [0.4, 0.5) is 13.2 Å². The molecule has 5 heteroatoms. The van der Waals surface area contributed by atoms with Crippen molar-refractivity contribution in [1.82, 2.24) is 4.98 Å². The molecule has 2 nitrogen and oxygen atoms in total. The number of aryl methyl sites for hydroxylation is 1. The molecule has 1 aromatic heterocycles. The number of nitrogens with zero attached hydrogens (tertiary/aromatic N) is 1. The SMILES string of the molecule is Cc1ccc2c(n1)-c1ccc(C(F)(F)F)cc1CO2. The van der Waals surface area contributed by atoms with E-state index in [0.717, 1.165) is 17.8 Å². The van der Waals surface area contributed by atoms with Crippen LogP contribution in [-0.2, 0) is 12.8 Å². The van der Waals surface area contributed by atoms with Gasteiger partial charge in [0.1, 0.15) is 18.1 Å². The Hall–Kier alpha value is -2.04. The van der Waals surface area contributed by atoms with Gasteiger partial charge in [0.25, 0.3) is 0 Å². The van der Waals surface area contributed by atoms with Crippen LogP contribution in [0.25, 0.3) is 11.3 Å². The van der Waals surface area contributed by atoms with E-state index in [9.17, 15) is 13.2 Å². The standard InChI is InChI=1S/C14H10F3NO/c1-8-2-5-12-13(18-8)11-4-3-10(14(15,16)17)6-9(11)7-19-12/h2-6H,7H2,1H3. The van der Waals surface area contributed by atoms with Crippen molar-refractivity contribution in [3.05, 3.63) is 47.2 Å². The Morgan fingerprint density at radius 3 is 2.68 bits per heavy atom. The molecule has 1 aromatic carbocycles. The number of hydrogen-bond acceptors (Lipinski definition) is 2. The van der Waals surface area contributed by atoms with Gasteiger partial charge in [0, 0.05) is 11.3 Å². The van der Waals surface area contributed by atoms with Crippen molar-refractivity contribution in [1.29, 1.82) is 0 Å². The molecule has 2 heterocycles. The first-order chi connectivity index (χ1) is 8.95. The highest BCUT2D eigenvalue weighted by atomic mass is 19.4. The van der Waals surface area contributed by atoms with Crippen molar-refractivity contribution in [2.75, 3.05) is 0 Å². The number of pyridine rings is 1. The molecule has 1 aliphatic rings. The van der Waals surface area contributed by atoms with Crippen molar-refractivity contribution in [3.63, 3.8) is 0 Å². The maximum absolute atomic E-state index is 12.7. The lowest BCUT2D eigenvalue weighted by atomic mass is 9.98. The minimum atomic E-state index is -4.34. The maximum Gasteiger partial charge on any atom is 0.416 e. The molecule has 0 saturated heterocycles. The second kappa shape index (κ2) is 3.98. The van der Waals surface area contributed by atoms with Crippen LogP contribution in [0.3, 0.4) is 0 Å². The summed E-state index contributed by atoms with van der Waals surface area (Å²) >= 11 is 0. The zero-order chi connectivity index (χ0) is 13.6. The summed E-state index contributed by atoms with van der Waals surface area (Å²) in [7, 11) is 0. The number of fused-ring (bicyclic) bond motifs is 3. The molecule has 2 aromatic rings. The molecule has 0 spiro atoms. The lowest BCUT2D eigenvalue weighted by Crippen LogP contribution is -2.11. The molecular formula is C14H10F3NO. The molecule has 0 radical (unpaired) electrons. The summed E-state index contributed by atoms with van der Waals surface area (Å²) in [6, 6.07) is 7.28. The summed E-state index contributed by atoms with van der Waals surface area (Å²) in [6.45, 7) is 1.97. The monoisotopic (exact) mass is 265 g/mol. The molecule has 0 fully saturated rings. The summed E-state index contributed by atoms with van der Waals surface area (Å²) < 4.78 is 43.4.